The molecule has 2 aliphatic carbocycles. The highest BCUT2D eigenvalue weighted by Gasteiger charge is 2.36. The van der Waals surface area contributed by atoms with Gasteiger partial charge in [-0.3, -0.25) is 19.2 Å². The average molecular weight is 1030 g/mol. The van der Waals surface area contributed by atoms with Gasteiger partial charge in [-0.1, -0.05) is 261 Å². The minimum atomic E-state index is -0.461. The van der Waals surface area contributed by atoms with Crippen molar-refractivity contribution in [3.63, 3.8) is 0 Å². The fraction of sp³-hybridized carbons (Fsp3) is 0. The van der Waals surface area contributed by atoms with Crippen LogP contribution in [0, 0.1) is 5.21 Å². The van der Waals surface area contributed by atoms with Gasteiger partial charge in [0.15, 0.2) is 17.3 Å². The van der Waals surface area contributed by atoms with E-state index in [0.717, 1.165) is 33.6 Å². The van der Waals surface area contributed by atoms with Crippen LogP contribution in [0.15, 0.2) is 270 Å². The lowest BCUT2D eigenvalue weighted by Gasteiger charge is -2.19. The standard InChI is InChI=1S/C28H14N2O5.C28H22N2.C14H12/c31-25-15-7-1-3-9-17(15)27(33)23-19(25)11-5-13-21(23)29-30(35)22-14-6-12-20-24(22)28(34)18-10-4-2-8-16(18)26(20)32;1-3-11-23(12-4-1)19-21-25-15-7-9-17-27(25)29-30-28-18-10-8-16-26(28)22-20-24-13-5-2-6-14-24;1-3-7-13(8-4-1)11-12-14-9-5-2-6-10-14/h1-14H;1-22H;1-12H. The zero-order valence-corrected chi connectivity index (χ0v) is 42.5. The first-order chi connectivity index (χ1) is 38.8. The minimum absolute atomic E-state index is 0.00191. The van der Waals surface area contributed by atoms with Crippen molar-refractivity contribution in [2.75, 3.05) is 0 Å². The van der Waals surface area contributed by atoms with Crippen LogP contribution in [0.5, 0.6) is 0 Å². The van der Waals surface area contributed by atoms with E-state index in [9.17, 15) is 24.4 Å². The highest BCUT2D eigenvalue weighted by atomic mass is 16.5. The van der Waals surface area contributed by atoms with Gasteiger partial charge in [-0.2, -0.15) is 0 Å². The molecule has 0 atom stereocenters. The lowest BCUT2D eigenvalue weighted by molar-refractivity contribution is -0.435. The molecular formula is C70H48N4O5. The van der Waals surface area contributed by atoms with Crippen molar-refractivity contribution in [2.24, 2.45) is 15.3 Å². The molecule has 2 aliphatic rings. The van der Waals surface area contributed by atoms with Crippen LogP contribution in [0.3, 0.4) is 0 Å². The second kappa shape index (κ2) is 24.6. The number of rotatable bonds is 10. The van der Waals surface area contributed by atoms with Crippen molar-refractivity contribution in [2.45, 2.75) is 0 Å². The number of nitrogens with zero attached hydrogens (tertiary/aromatic N) is 4. The topological polar surface area (TPSA) is 131 Å². The molecule has 0 saturated carbocycles. The molecule has 9 nitrogen and oxygen atoms in total. The molecule has 10 aromatic rings. The number of hydrogen-bond acceptors (Lipinski definition) is 8. The Bertz CT molecular complexity index is 3900. The van der Waals surface area contributed by atoms with Crippen molar-refractivity contribution < 1.29 is 24.0 Å². The van der Waals surface area contributed by atoms with E-state index < -0.39 is 11.6 Å². The molecule has 12 rings (SSSR count). The number of hydrogen-bond donors (Lipinski definition) is 0. The fourth-order valence-corrected chi connectivity index (χ4v) is 9.02. The molecule has 0 radical (unpaired) electrons. The molecule has 10 aromatic carbocycles. The van der Waals surface area contributed by atoms with Gasteiger partial charge < -0.3 is 5.21 Å². The van der Waals surface area contributed by atoms with E-state index in [-0.39, 0.29) is 66.7 Å². The maximum atomic E-state index is 13.3. The summed E-state index contributed by atoms with van der Waals surface area (Å²) in [5, 5.41) is 26.4. The lowest BCUT2D eigenvalue weighted by Crippen LogP contribution is -2.22. The third-order valence-corrected chi connectivity index (χ3v) is 13.0. The van der Waals surface area contributed by atoms with Crippen LogP contribution in [0.4, 0.5) is 22.7 Å². The van der Waals surface area contributed by atoms with Crippen molar-refractivity contribution in [3.8, 4) is 0 Å². The molecule has 0 spiro atoms. The van der Waals surface area contributed by atoms with E-state index in [0.29, 0.717) is 5.56 Å². The zero-order chi connectivity index (χ0) is 54.3. The van der Waals surface area contributed by atoms with Crippen LogP contribution in [0.25, 0.3) is 36.5 Å². The summed E-state index contributed by atoms with van der Waals surface area (Å²) >= 11 is 0. The minimum Gasteiger partial charge on any atom is -0.594 e. The number of carbonyl (C=O) groups is 4. The van der Waals surface area contributed by atoms with E-state index in [4.69, 9.17) is 0 Å². The molecular weight excluding hydrogens is 977 g/mol. The second-order valence-electron chi connectivity index (χ2n) is 18.1. The number of carbonyl (C=O) groups excluding carboxylic acids is 4. The van der Waals surface area contributed by atoms with Gasteiger partial charge in [0.25, 0.3) is 5.69 Å². The summed E-state index contributed by atoms with van der Waals surface area (Å²) in [4.78, 5) is 52.7. The van der Waals surface area contributed by atoms with E-state index in [1.165, 1.54) is 53.6 Å². The van der Waals surface area contributed by atoms with E-state index in [1.807, 2.05) is 109 Å². The summed E-state index contributed by atoms with van der Waals surface area (Å²) < 4.78 is 0. The molecule has 0 N–H and O–H groups in total. The van der Waals surface area contributed by atoms with Gasteiger partial charge in [-0.25, -0.2) is 0 Å². The lowest BCUT2D eigenvalue weighted by atomic mass is 9.83. The van der Waals surface area contributed by atoms with E-state index in [1.54, 1.807) is 42.5 Å². The Balaban J connectivity index is 0.000000145. The first kappa shape index (κ1) is 51.6. The molecule has 378 valence electrons. The molecule has 0 unspecified atom stereocenters. The average Bonchev–Trinajstić information content (AvgIpc) is 3.52. The molecule has 9 heteroatoms. The highest BCUT2D eigenvalue weighted by molar-refractivity contribution is 6.30. The van der Waals surface area contributed by atoms with Crippen LogP contribution in [0.2, 0.25) is 0 Å². The molecule has 0 aliphatic heterocycles. The molecule has 0 heterocycles. The maximum absolute atomic E-state index is 13.3. The van der Waals surface area contributed by atoms with Crippen molar-refractivity contribution in [1.82, 2.24) is 0 Å². The van der Waals surface area contributed by atoms with Crippen LogP contribution in [-0.4, -0.2) is 28.0 Å². The van der Waals surface area contributed by atoms with E-state index in [2.05, 4.69) is 112 Å². The molecule has 0 aromatic heterocycles. The summed E-state index contributed by atoms with van der Waals surface area (Å²) in [5.41, 5.74) is 9.63. The van der Waals surface area contributed by atoms with Crippen LogP contribution in [0.1, 0.15) is 97.1 Å². The number of azo groups is 2. The van der Waals surface area contributed by atoms with Gasteiger partial charge in [-0.15, -0.1) is 10.2 Å². The Morgan fingerprint density at radius 1 is 0.278 bits per heavy atom. The Morgan fingerprint density at radius 3 is 1.01 bits per heavy atom. The number of benzene rings is 10. The third-order valence-electron chi connectivity index (χ3n) is 13.0. The van der Waals surface area contributed by atoms with Gasteiger partial charge in [0.05, 0.1) is 16.9 Å². The number of fused-ring (bicyclic) bond motifs is 4. The van der Waals surface area contributed by atoms with Gasteiger partial charge >= 0.3 is 0 Å². The van der Waals surface area contributed by atoms with Crippen molar-refractivity contribution >= 4 is 82.3 Å². The summed E-state index contributed by atoms with van der Waals surface area (Å²) in [6.07, 6.45) is 12.6. The normalized spacial score (nSPS) is 12.6. The fourth-order valence-electron chi connectivity index (χ4n) is 9.02. The summed E-state index contributed by atoms with van der Waals surface area (Å²) in [6.45, 7) is 0. The van der Waals surface area contributed by atoms with Crippen LogP contribution >= 0.6 is 0 Å². The third kappa shape index (κ3) is 12.1. The van der Waals surface area contributed by atoms with Gasteiger partial charge in [-0.05, 0) is 51.4 Å². The summed E-state index contributed by atoms with van der Waals surface area (Å²) in [6, 6.07) is 79.0. The summed E-state index contributed by atoms with van der Waals surface area (Å²) in [5.74, 6) is -1.57. The van der Waals surface area contributed by atoms with E-state index >= 15 is 0 Å². The zero-order valence-electron chi connectivity index (χ0n) is 42.5. The summed E-state index contributed by atoms with van der Waals surface area (Å²) in [7, 11) is 0. The Labute approximate surface area is 457 Å². The quantitative estimate of drug-likeness (QED) is 0.0582. The predicted molar refractivity (Wildman–Crippen MR) is 314 cm³/mol. The first-order valence-corrected chi connectivity index (χ1v) is 25.5. The van der Waals surface area contributed by atoms with Gasteiger partial charge in [0.1, 0.15) is 11.3 Å². The highest BCUT2D eigenvalue weighted by Crippen LogP contribution is 2.37. The SMILES string of the molecule is C(=Cc1ccccc1)c1ccccc1.C(=Cc1ccccc1N=Nc1ccccc1C=Cc1ccccc1)c1ccccc1.O=C1c2ccccc2C(=O)c2c(N=[N+]([O-])c3cccc4c3C(=O)c3ccccc3C4=O)cccc21. The number of ketones is 4. The molecule has 0 amide bonds. The van der Waals surface area contributed by atoms with Crippen LogP contribution in [-0.2, 0) is 0 Å². The predicted octanol–water partition coefficient (Wildman–Crippen LogP) is 17.5. The Kier molecular flexibility index (Phi) is 16.1. The largest absolute Gasteiger partial charge is 0.594 e. The van der Waals surface area contributed by atoms with Crippen molar-refractivity contribution in [3.05, 3.63) is 338 Å². The first-order valence-electron chi connectivity index (χ1n) is 25.5. The molecule has 79 heavy (non-hydrogen) atoms. The maximum Gasteiger partial charge on any atom is 0.256 e. The van der Waals surface area contributed by atoms with Gasteiger partial charge in [0, 0.05) is 55.7 Å². The molecule has 0 saturated heterocycles. The van der Waals surface area contributed by atoms with Gasteiger partial charge in [0.2, 0.25) is 5.78 Å². The Morgan fingerprint density at radius 2 is 0.582 bits per heavy atom. The monoisotopic (exact) mass is 1020 g/mol. The smallest absolute Gasteiger partial charge is 0.256 e. The molecule has 0 fully saturated rings. The van der Waals surface area contributed by atoms with Crippen molar-refractivity contribution in [1.29, 1.82) is 0 Å². The molecule has 0 bridgehead atoms. The van der Waals surface area contributed by atoms with Crippen LogP contribution < -0.4 is 0 Å². The second-order valence-corrected chi connectivity index (χ2v) is 18.1. The Hall–Kier alpha value is -10.9.